The Labute approximate surface area is 159 Å². The monoisotopic (exact) mass is 366 g/mol. The van der Waals surface area contributed by atoms with Gasteiger partial charge in [-0.1, -0.05) is 48.9 Å². The van der Waals surface area contributed by atoms with Crippen molar-refractivity contribution in [3.63, 3.8) is 0 Å². The summed E-state index contributed by atoms with van der Waals surface area (Å²) in [6.07, 6.45) is 4.85. The second-order valence-electron chi connectivity index (χ2n) is 7.95. The van der Waals surface area contributed by atoms with Gasteiger partial charge in [-0.3, -0.25) is 9.59 Å². The molecule has 0 aromatic heterocycles. The number of fused-ring (bicyclic) bond motifs is 3. The summed E-state index contributed by atoms with van der Waals surface area (Å²) in [6.45, 7) is -0.393. The number of carbonyl (C=O) groups excluding carboxylic acids is 2. The standard InChI is InChI=1S/C22H26N2O3/c25-13-20(22(27)24-19-11-14-6-8-18(19)10-14)23-21(26)12-15-5-7-16-3-1-2-4-17(16)9-15/h1-5,7,9,14,18-20,25H,6,8,10-13H2,(H,23,26)(H,24,27)/t14?,18?,19?,20-/m0/s1. The van der Waals surface area contributed by atoms with Gasteiger partial charge in [0.1, 0.15) is 6.04 Å². The van der Waals surface area contributed by atoms with Crippen LogP contribution in [0.3, 0.4) is 0 Å². The minimum absolute atomic E-state index is 0.183. The van der Waals surface area contributed by atoms with Gasteiger partial charge in [-0.2, -0.15) is 0 Å². The molecule has 4 rings (SSSR count). The molecule has 0 saturated heterocycles. The molecule has 2 saturated carbocycles. The van der Waals surface area contributed by atoms with Crippen LogP contribution in [0.4, 0.5) is 0 Å². The van der Waals surface area contributed by atoms with Gasteiger partial charge in [-0.15, -0.1) is 0 Å². The fourth-order valence-corrected chi connectivity index (χ4v) is 4.68. The molecule has 27 heavy (non-hydrogen) atoms. The van der Waals surface area contributed by atoms with Crippen LogP contribution in [0.5, 0.6) is 0 Å². The van der Waals surface area contributed by atoms with Gasteiger partial charge >= 0.3 is 0 Å². The minimum Gasteiger partial charge on any atom is -0.394 e. The molecule has 2 amide bonds. The van der Waals surface area contributed by atoms with E-state index in [4.69, 9.17) is 0 Å². The van der Waals surface area contributed by atoms with Crippen LogP contribution in [-0.2, 0) is 16.0 Å². The first-order valence-electron chi connectivity index (χ1n) is 9.80. The molecule has 0 aliphatic heterocycles. The summed E-state index contributed by atoms with van der Waals surface area (Å²) < 4.78 is 0. The molecule has 4 atom stereocenters. The van der Waals surface area contributed by atoms with Gasteiger partial charge in [0.15, 0.2) is 0 Å². The second kappa shape index (κ2) is 7.69. The topological polar surface area (TPSA) is 78.4 Å². The van der Waals surface area contributed by atoms with E-state index in [0.29, 0.717) is 5.92 Å². The van der Waals surface area contributed by atoms with Crippen LogP contribution in [-0.4, -0.2) is 35.6 Å². The van der Waals surface area contributed by atoms with Crippen molar-refractivity contribution < 1.29 is 14.7 Å². The molecule has 0 spiro atoms. The molecule has 3 unspecified atom stereocenters. The average Bonchev–Trinajstić information content (AvgIpc) is 3.29. The Morgan fingerprint density at radius 3 is 2.59 bits per heavy atom. The zero-order valence-electron chi connectivity index (χ0n) is 15.4. The maximum Gasteiger partial charge on any atom is 0.245 e. The summed E-state index contributed by atoms with van der Waals surface area (Å²) in [6, 6.07) is 13.2. The Hall–Kier alpha value is -2.40. The first-order valence-corrected chi connectivity index (χ1v) is 9.80. The highest BCUT2D eigenvalue weighted by Gasteiger charge is 2.40. The van der Waals surface area contributed by atoms with Crippen LogP contribution in [0, 0.1) is 11.8 Å². The van der Waals surface area contributed by atoms with Crippen molar-refractivity contribution in [2.24, 2.45) is 11.8 Å². The summed E-state index contributed by atoms with van der Waals surface area (Å²) in [7, 11) is 0. The maximum absolute atomic E-state index is 12.5. The summed E-state index contributed by atoms with van der Waals surface area (Å²) in [5, 5.41) is 17.5. The molecule has 5 nitrogen and oxygen atoms in total. The Bertz CT molecular complexity index is 850. The third kappa shape index (κ3) is 3.98. The van der Waals surface area contributed by atoms with Gasteiger partial charge in [0.25, 0.3) is 0 Å². The lowest BCUT2D eigenvalue weighted by Crippen LogP contribution is -2.52. The number of hydrogen-bond acceptors (Lipinski definition) is 3. The quantitative estimate of drug-likeness (QED) is 0.733. The van der Waals surface area contributed by atoms with E-state index in [1.165, 1.54) is 19.3 Å². The van der Waals surface area contributed by atoms with Crippen LogP contribution in [0.25, 0.3) is 10.8 Å². The lowest BCUT2D eigenvalue weighted by molar-refractivity contribution is -0.130. The molecule has 2 bridgehead atoms. The number of benzene rings is 2. The lowest BCUT2D eigenvalue weighted by atomic mass is 9.95. The van der Waals surface area contributed by atoms with Gasteiger partial charge < -0.3 is 15.7 Å². The fraction of sp³-hybridized carbons (Fsp3) is 0.455. The van der Waals surface area contributed by atoms with Crippen LogP contribution >= 0.6 is 0 Å². The van der Waals surface area contributed by atoms with E-state index in [1.807, 2.05) is 42.5 Å². The Kier molecular flexibility index (Phi) is 5.12. The Morgan fingerprint density at radius 2 is 1.89 bits per heavy atom. The van der Waals surface area contributed by atoms with Crippen molar-refractivity contribution in [3.05, 3.63) is 48.0 Å². The van der Waals surface area contributed by atoms with Crippen LogP contribution in [0.15, 0.2) is 42.5 Å². The molecule has 2 aliphatic carbocycles. The van der Waals surface area contributed by atoms with E-state index < -0.39 is 12.6 Å². The second-order valence-corrected chi connectivity index (χ2v) is 7.95. The Morgan fingerprint density at radius 1 is 1.07 bits per heavy atom. The molecule has 2 aromatic rings. The average molecular weight is 366 g/mol. The van der Waals surface area contributed by atoms with Gasteiger partial charge in [0.05, 0.1) is 13.0 Å². The van der Waals surface area contributed by atoms with Crippen molar-refractivity contribution in [2.45, 2.75) is 44.2 Å². The zero-order chi connectivity index (χ0) is 18.8. The predicted octanol–water partition coefficient (Wildman–Crippen LogP) is 2.16. The number of rotatable bonds is 6. The summed E-state index contributed by atoms with van der Waals surface area (Å²) >= 11 is 0. The molecule has 2 aliphatic rings. The van der Waals surface area contributed by atoms with Crippen molar-refractivity contribution in [1.82, 2.24) is 10.6 Å². The number of carbonyl (C=O) groups is 2. The summed E-state index contributed by atoms with van der Waals surface area (Å²) in [5.74, 6) is 0.760. The van der Waals surface area contributed by atoms with E-state index in [1.54, 1.807) is 0 Å². The van der Waals surface area contributed by atoms with Gasteiger partial charge in [-0.05, 0) is 47.4 Å². The van der Waals surface area contributed by atoms with Gasteiger partial charge in [-0.25, -0.2) is 0 Å². The van der Waals surface area contributed by atoms with Crippen LogP contribution in [0.2, 0.25) is 0 Å². The SMILES string of the molecule is O=C(Cc1ccc2ccccc2c1)N[C@@H](CO)C(=O)NC1CC2CCC1C2. The fourth-order valence-electron chi connectivity index (χ4n) is 4.68. The van der Waals surface area contributed by atoms with E-state index in [9.17, 15) is 14.7 Å². The molecule has 2 aromatic carbocycles. The van der Waals surface area contributed by atoms with Crippen molar-refractivity contribution in [2.75, 3.05) is 6.61 Å². The van der Waals surface area contributed by atoms with Crippen molar-refractivity contribution in [3.8, 4) is 0 Å². The molecule has 3 N–H and O–H groups in total. The van der Waals surface area contributed by atoms with E-state index >= 15 is 0 Å². The molecule has 2 fully saturated rings. The van der Waals surface area contributed by atoms with E-state index in [2.05, 4.69) is 10.6 Å². The highest BCUT2D eigenvalue weighted by atomic mass is 16.3. The number of amides is 2. The van der Waals surface area contributed by atoms with Crippen LogP contribution in [0.1, 0.15) is 31.2 Å². The number of nitrogens with one attached hydrogen (secondary N) is 2. The molecule has 0 radical (unpaired) electrons. The third-order valence-corrected chi connectivity index (χ3v) is 6.08. The Balaban J connectivity index is 1.34. The largest absolute Gasteiger partial charge is 0.394 e. The molecule has 0 heterocycles. The highest BCUT2D eigenvalue weighted by Crippen LogP contribution is 2.44. The third-order valence-electron chi connectivity index (χ3n) is 6.08. The van der Waals surface area contributed by atoms with E-state index in [0.717, 1.165) is 28.7 Å². The zero-order valence-corrected chi connectivity index (χ0v) is 15.4. The molecule has 5 heteroatoms. The number of aliphatic hydroxyl groups is 1. The smallest absolute Gasteiger partial charge is 0.245 e. The first-order chi connectivity index (χ1) is 13.1. The summed E-state index contributed by atoms with van der Waals surface area (Å²) in [5.41, 5.74) is 0.886. The lowest BCUT2D eigenvalue weighted by Gasteiger charge is -2.25. The number of aliphatic hydroxyl groups excluding tert-OH is 1. The van der Waals surface area contributed by atoms with Gasteiger partial charge in [0, 0.05) is 6.04 Å². The molecular formula is C22H26N2O3. The maximum atomic E-state index is 12.5. The normalized spacial score (nSPS) is 24.7. The minimum atomic E-state index is -0.892. The summed E-state index contributed by atoms with van der Waals surface area (Å²) in [4.78, 5) is 24.9. The number of hydrogen-bond donors (Lipinski definition) is 3. The van der Waals surface area contributed by atoms with E-state index in [-0.39, 0.29) is 24.3 Å². The highest BCUT2D eigenvalue weighted by molar-refractivity contribution is 5.89. The molecule has 142 valence electrons. The molecular weight excluding hydrogens is 340 g/mol. The van der Waals surface area contributed by atoms with Crippen molar-refractivity contribution >= 4 is 22.6 Å². The van der Waals surface area contributed by atoms with Gasteiger partial charge in [0.2, 0.25) is 11.8 Å². The first kappa shape index (κ1) is 18.0. The predicted molar refractivity (Wildman–Crippen MR) is 104 cm³/mol. The van der Waals surface area contributed by atoms with Crippen LogP contribution < -0.4 is 10.6 Å². The van der Waals surface area contributed by atoms with Crippen molar-refractivity contribution in [1.29, 1.82) is 0 Å².